The second kappa shape index (κ2) is 11.2. The van der Waals surface area contributed by atoms with Gasteiger partial charge >= 0.3 is 0 Å². The molecule has 3 aromatic rings. The predicted molar refractivity (Wildman–Crippen MR) is 130 cm³/mol. The Morgan fingerprint density at radius 3 is 2.55 bits per heavy atom. The highest BCUT2D eigenvalue weighted by molar-refractivity contribution is 9.10. The van der Waals surface area contributed by atoms with Gasteiger partial charge in [-0.25, -0.2) is 0 Å². The third-order valence-corrected chi connectivity index (χ3v) is 5.38. The Labute approximate surface area is 204 Å². The number of nitriles is 2. The number of nitrogens with one attached hydrogen (secondary N) is 1. The zero-order chi connectivity index (χ0) is 23.8. The second-order valence-electron chi connectivity index (χ2n) is 6.72. The molecular weight excluding hydrogens is 506 g/mol. The number of anilines is 1. The summed E-state index contributed by atoms with van der Waals surface area (Å²) in [4.78, 5) is 12.5. The van der Waals surface area contributed by atoms with Gasteiger partial charge in [-0.1, -0.05) is 29.8 Å². The Bertz CT molecular complexity index is 1290. The van der Waals surface area contributed by atoms with E-state index in [1.165, 1.54) is 13.2 Å². The van der Waals surface area contributed by atoms with E-state index < -0.39 is 5.91 Å². The fraction of sp³-hybridized carbons (Fsp3) is 0.0800. The van der Waals surface area contributed by atoms with Crippen molar-refractivity contribution in [2.24, 2.45) is 0 Å². The zero-order valence-electron chi connectivity index (χ0n) is 17.4. The van der Waals surface area contributed by atoms with E-state index in [0.717, 1.165) is 5.56 Å². The molecule has 0 saturated heterocycles. The number of nitrogens with zero attached hydrogens (tertiary/aromatic N) is 2. The molecule has 0 fully saturated rings. The smallest absolute Gasteiger partial charge is 0.266 e. The van der Waals surface area contributed by atoms with Crippen molar-refractivity contribution in [3.05, 3.63) is 92.4 Å². The van der Waals surface area contributed by atoms with Crippen LogP contribution >= 0.6 is 27.5 Å². The van der Waals surface area contributed by atoms with Crippen LogP contribution in [0.15, 0.2) is 70.7 Å². The summed E-state index contributed by atoms with van der Waals surface area (Å²) in [6.45, 7) is 0.167. The van der Waals surface area contributed by atoms with Crippen molar-refractivity contribution >= 4 is 45.2 Å². The van der Waals surface area contributed by atoms with Crippen LogP contribution in [0.2, 0.25) is 5.02 Å². The van der Waals surface area contributed by atoms with E-state index in [9.17, 15) is 15.3 Å². The first kappa shape index (κ1) is 23.9. The number of halogens is 2. The van der Waals surface area contributed by atoms with Gasteiger partial charge in [0.2, 0.25) is 0 Å². The van der Waals surface area contributed by atoms with E-state index in [2.05, 4.69) is 27.3 Å². The molecule has 1 amide bonds. The first-order valence-corrected chi connectivity index (χ1v) is 10.8. The number of methoxy groups -OCH3 is 1. The topological polar surface area (TPSA) is 95.1 Å². The number of amides is 1. The molecule has 3 aromatic carbocycles. The third kappa shape index (κ3) is 6.14. The minimum Gasteiger partial charge on any atom is -0.493 e. The van der Waals surface area contributed by atoms with Crippen molar-refractivity contribution in [3.8, 4) is 23.6 Å². The van der Waals surface area contributed by atoms with Crippen LogP contribution in [0, 0.1) is 22.7 Å². The van der Waals surface area contributed by atoms with Crippen molar-refractivity contribution in [1.82, 2.24) is 0 Å². The van der Waals surface area contributed by atoms with Gasteiger partial charge in [-0.05, 0) is 70.0 Å². The molecule has 0 saturated carbocycles. The van der Waals surface area contributed by atoms with Gasteiger partial charge in [0.25, 0.3) is 5.91 Å². The molecule has 0 heterocycles. The van der Waals surface area contributed by atoms with E-state index in [-0.39, 0.29) is 12.2 Å². The summed E-state index contributed by atoms with van der Waals surface area (Å²) in [5.74, 6) is 0.287. The molecule has 0 aliphatic carbocycles. The molecule has 33 heavy (non-hydrogen) atoms. The van der Waals surface area contributed by atoms with Crippen molar-refractivity contribution in [2.75, 3.05) is 12.4 Å². The maximum Gasteiger partial charge on any atom is 0.266 e. The number of benzene rings is 3. The quantitative estimate of drug-likeness (QED) is 0.298. The lowest BCUT2D eigenvalue weighted by Crippen LogP contribution is -2.13. The summed E-state index contributed by atoms with van der Waals surface area (Å²) in [5.41, 5.74) is 2.26. The fourth-order valence-corrected chi connectivity index (χ4v) is 3.62. The first-order valence-electron chi connectivity index (χ1n) is 9.62. The van der Waals surface area contributed by atoms with Crippen LogP contribution in [0.5, 0.6) is 11.5 Å². The normalized spacial score (nSPS) is 10.6. The van der Waals surface area contributed by atoms with Crippen molar-refractivity contribution in [3.63, 3.8) is 0 Å². The van der Waals surface area contributed by atoms with Gasteiger partial charge in [0.1, 0.15) is 18.2 Å². The van der Waals surface area contributed by atoms with Crippen LogP contribution in [0.4, 0.5) is 5.69 Å². The van der Waals surface area contributed by atoms with Gasteiger partial charge in [0.15, 0.2) is 11.5 Å². The Balaban J connectivity index is 1.83. The number of hydrogen-bond acceptors (Lipinski definition) is 5. The van der Waals surface area contributed by atoms with Crippen LogP contribution in [0.25, 0.3) is 6.08 Å². The average molecular weight is 523 g/mol. The van der Waals surface area contributed by atoms with E-state index in [4.69, 9.17) is 21.1 Å². The minimum absolute atomic E-state index is 0.0875. The number of hydrogen-bond donors (Lipinski definition) is 1. The van der Waals surface area contributed by atoms with Crippen LogP contribution in [-0.4, -0.2) is 13.0 Å². The van der Waals surface area contributed by atoms with Crippen LogP contribution in [-0.2, 0) is 11.4 Å². The SMILES string of the molecule is COc1cc(/C=C(/C#N)C(=O)Nc2ccc(Cl)cc2)cc(Br)c1OCc1ccccc1C#N. The van der Waals surface area contributed by atoms with Crippen LogP contribution in [0.3, 0.4) is 0 Å². The predicted octanol–water partition coefficient (Wildman–Crippen LogP) is 6.11. The Morgan fingerprint density at radius 1 is 1.15 bits per heavy atom. The summed E-state index contributed by atoms with van der Waals surface area (Å²) in [6.07, 6.45) is 1.45. The van der Waals surface area contributed by atoms with E-state index in [1.54, 1.807) is 48.5 Å². The summed E-state index contributed by atoms with van der Waals surface area (Å²) in [5, 5.41) is 22.0. The maximum atomic E-state index is 12.5. The molecule has 6 nitrogen and oxygen atoms in total. The first-order chi connectivity index (χ1) is 15.9. The highest BCUT2D eigenvalue weighted by atomic mass is 79.9. The number of carbonyl (C=O) groups excluding carboxylic acids is 1. The van der Waals surface area contributed by atoms with Gasteiger partial charge in [0.05, 0.1) is 23.2 Å². The van der Waals surface area contributed by atoms with E-state index in [0.29, 0.717) is 37.8 Å². The molecule has 0 radical (unpaired) electrons. The molecule has 8 heteroatoms. The number of ether oxygens (including phenoxy) is 2. The van der Waals surface area contributed by atoms with Crippen molar-refractivity contribution in [2.45, 2.75) is 6.61 Å². The van der Waals surface area contributed by atoms with Gasteiger partial charge in [-0.3, -0.25) is 4.79 Å². The number of rotatable bonds is 7. The van der Waals surface area contributed by atoms with E-state index in [1.807, 2.05) is 18.2 Å². The van der Waals surface area contributed by atoms with Gasteiger partial charge in [-0.15, -0.1) is 0 Å². The molecule has 0 unspecified atom stereocenters. The molecule has 0 spiro atoms. The summed E-state index contributed by atoms with van der Waals surface area (Å²) in [6, 6.07) is 21.1. The second-order valence-corrected chi connectivity index (χ2v) is 8.01. The zero-order valence-corrected chi connectivity index (χ0v) is 19.8. The minimum atomic E-state index is -0.552. The molecule has 164 valence electrons. The highest BCUT2D eigenvalue weighted by Gasteiger charge is 2.15. The standard InChI is InChI=1S/C25H17BrClN3O3/c1-32-23-12-16(10-19(14-29)25(31)30-21-8-6-20(27)7-9-21)11-22(26)24(23)33-15-18-5-3-2-4-17(18)13-28/h2-12H,15H2,1H3,(H,30,31)/b19-10-. The molecule has 3 rings (SSSR count). The lowest BCUT2D eigenvalue weighted by atomic mass is 10.1. The monoisotopic (exact) mass is 521 g/mol. The van der Waals surface area contributed by atoms with Crippen molar-refractivity contribution < 1.29 is 14.3 Å². The molecule has 1 N–H and O–H groups in total. The van der Waals surface area contributed by atoms with Crippen LogP contribution < -0.4 is 14.8 Å². The van der Waals surface area contributed by atoms with E-state index >= 15 is 0 Å². The molecular formula is C25H17BrClN3O3. The Kier molecular flexibility index (Phi) is 8.10. The summed E-state index contributed by atoms with van der Waals surface area (Å²) in [7, 11) is 1.49. The summed E-state index contributed by atoms with van der Waals surface area (Å²) >= 11 is 9.32. The molecule has 0 aromatic heterocycles. The van der Waals surface area contributed by atoms with Gasteiger partial charge in [-0.2, -0.15) is 10.5 Å². The molecule has 0 aliphatic rings. The maximum absolute atomic E-state index is 12.5. The average Bonchev–Trinajstić information content (AvgIpc) is 2.83. The molecule has 0 aliphatic heterocycles. The lowest BCUT2D eigenvalue weighted by Gasteiger charge is -2.14. The van der Waals surface area contributed by atoms with Crippen molar-refractivity contribution in [1.29, 1.82) is 10.5 Å². The van der Waals surface area contributed by atoms with Gasteiger partial charge in [0, 0.05) is 16.3 Å². The third-order valence-electron chi connectivity index (χ3n) is 4.54. The largest absolute Gasteiger partial charge is 0.493 e. The highest BCUT2D eigenvalue weighted by Crippen LogP contribution is 2.38. The molecule has 0 bridgehead atoms. The number of carbonyl (C=O) groups is 1. The molecule has 0 atom stereocenters. The van der Waals surface area contributed by atoms with Gasteiger partial charge < -0.3 is 14.8 Å². The Morgan fingerprint density at radius 2 is 1.88 bits per heavy atom. The Hall–Kier alpha value is -3.78. The fourth-order valence-electron chi connectivity index (χ4n) is 2.92. The van der Waals surface area contributed by atoms with Crippen LogP contribution in [0.1, 0.15) is 16.7 Å². The lowest BCUT2D eigenvalue weighted by molar-refractivity contribution is -0.112. The summed E-state index contributed by atoms with van der Waals surface area (Å²) < 4.78 is 11.9.